The number of hydrogen-bond acceptors (Lipinski definition) is 3. The molecule has 1 aliphatic heterocycles. The molecule has 1 heterocycles. The SMILES string of the molecule is CN1CCNC[C@@H](CO)C1. The van der Waals surface area contributed by atoms with Crippen LogP contribution in [0.4, 0.5) is 0 Å². The lowest BCUT2D eigenvalue weighted by Gasteiger charge is -2.16. The normalized spacial score (nSPS) is 30.0. The second kappa shape index (κ2) is 3.91. The van der Waals surface area contributed by atoms with E-state index in [1.807, 2.05) is 0 Å². The van der Waals surface area contributed by atoms with Crippen molar-refractivity contribution < 1.29 is 5.11 Å². The van der Waals surface area contributed by atoms with Crippen LogP contribution in [0, 0.1) is 5.92 Å². The monoisotopic (exact) mass is 144 g/mol. The Balaban J connectivity index is 2.30. The Kier molecular flexibility index (Phi) is 3.12. The summed E-state index contributed by atoms with van der Waals surface area (Å²) < 4.78 is 0. The van der Waals surface area contributed by atoms with Gasteiger partial charge in [0.05, 0.1) is 0 Å². The first-order chi connectivity index (χ1) is 4.83. The van der Waals surface area contributed by atoms with Gasteiger partial charge in [0.2, 0.25) is 0 Å². The summed E-state index contributed by atoms with van der Waals surface area (Å²) in [5, 5.41) is 12.1. The van der Waals surface area contributed by atoms with Gasteiger partial charge >= 0.3 is 0 Å². The standard InChI is InChI=1S/C7H16N2O/c1-9-3-2-8-4-7(5-9)6-10/h7-8,10H,2-6H2,1H3/t7-/m1/s1. The van der Waals surface area contributed by atoms with Gasteiger partial charge in [-0.05, 0) is 7.05 Å². The Labute approximate surface area is 62.0 Å². The van der Waals surface area contributed by atoms with Crippen LogP contribution >= 0.6 is 0 Å². The minimum absolute atomic E-state index is 0.303. The molecule has 10 heavy (non-hydrogen) atoms. The second-order valence-electron chi connectivity index (χ2n) is 3.01. The highest BCUT2D eigenvalue weighted by Gasteiger charge is 2.13. The van der Waals surface area contributed by atoms with Crippen molar-refractivity contribution in [3.63, 3.8) is 0 Å². The average Bonchev–Trinajstić information content (AvgIpc) is 2.13. The first-order valence-electron chi connectivity index (χ1n) is 3.83. The maximum atomic E-state index is 8.87. The third kappa shape index (κ3) is 2.25. The second-order valence-corrected chi connectivity index (χ2v) is 3.01. The summed E-state index contributed by atoms with van der Waals surface area (Å²) in [7, 11) is 2.09. The molecule has 1 fully saturated rings. The Morgan fingerprint density at radius 3 is 3.20 bits per heavy atom. The van der Waals surface area contributed by atoms with E-state index in [1.165, 1.54) is 0 Å². The fourth-order valence-electron chi connectivity index (χ4n) is 1.29. The van der Waals surface area contributed by atoms with E-state index in [-0.39, 0.29) is 0 Å². The van der Waals surface area contributed by atoms with E-state index in [9.17, 15) is 0 Å². The van der Waals surface area contributed by atoms with Crippen LogP contribution in [0.3, 0.4) is 0 Å². The Morgan fingerprint density at radius 1 is 1.70 bits per heavy atom. The molecule has 3 nitrogen and oxygen atoms in total. The van der Waals surface area contributed by atoms with E-state index >= 15 is 0 Å². The quantitative estimate of drug-likeness (QED) is 0.502. The van der Waals surface area contributed by atoms with Crippen LogP contribution in [-0.2, 0) is 0 Å². The summed E-state index contributed by atoms with van der Waals surface area (Å²) in [4.78, 5) is 2.25. The summed E-state index contributed by atoms with van der Waals surface area (Å²) >= 11 is 0. The van der Waals surface area contributed by atoms with Gasteiger partial charge in [-0.25, -0.2) is 0 Å². The summed E-state index contributed by atoms with van der Waals surface area (Å²) in [5.74, 6) is 0.424. The highest BCUT2D eigenvalue weighted by atomic mass is 16.3. The maximum absolute atomic E-state index is 8.87. The van der Waals surface area contributed by atoms with Crippen molar-refractivity contribution in [2.45, 2.75) is 0 Å². The molecule has 0 aromatic heterocycles. The van der Waals surface area contributed by atoms with Gasteiger partial charge in [-0.15, -0.1) is 0 Å². The Morgan fingerprint density at radius 2 is 2.50 bits per heavy atom. The van der Waals surface area contributed by atoms with Gasteiger partial charge < -0.3 is 15.3 Å². The van der Waals surface area contributed by atoms with Crippen molar-refractivity contribution in [2.24, 2.45) is 5.92 Å². The Hall–Kier alpha value is -0.120. The number of rotatable bonds is 1. The number of aliphatic hydroxyl groups excluding tert-OH is 1. The Bertz CT molecular complexity index is 97.6. The van der Waals surface area contributed by atoms with E-state index in [0.29, 0.717) is 12.5 Å². The van der Waals surface area contributed by atoms with Crippen molar-refractivity contribution in [1.29, 1.82) is 0 Å². The van der Waals surface area contributed by atoms with Crippen molar-refractivity contribution in [3.05, 3.63) is 0 Å². The zero-order chi connectivity index (χ0) is 7.40. The van der Waals surface area contributed by atoms with Gasteiger partial charge in [-0.1, -0.05) is 0 Å². The van der Waals surface area contributed by atoms with Crippen LogP contribution in [0.1, 0.15) is 0 Å². The molecular formula is C7H16N2O. The van der Waals surface area contributed by atoms with Crippen LogP contribution in [0.15, 0.2) is 0 Å². The number of aliphatic hydroxyl groups is 1. The zero-order valence-electron chi connectivity index (χ0n) is 6.51. The highest BCUT2D eigenvalue weighted by Crippen LogP contribution is 1.99. The maximum Gasteiger partial charge on any atom is 0.0483 e. The van der Waals surface area contributed by atoms with Crippen LogP contribution < -0.4 is 5.32 Å². The number of likely N-dealkylation sites (N-methyl/N-ethyl adjacent to an activating group) is 1. The van der Waals surface area contributed by atoms with Crippen LogP contribution in [0.2, 0.25) is 0 Å². The van der Waals surface area contributed by atoms with E-state index in [4.69, 9.17) is 5.11 Å². The predicted molar refractivity (Wildman–Crippen MR) is 40.9 cm³/mol. The molecule has 2 N–H and O–H groups in total. The number of nitrogens with zero attached hydrogens (tertiary/aromatic N) is 1. The van der Waals surface area contributed by atoms with Crippen LogP contribution in [-0.4, -0.2) is 49.8 Å². The largest absolute Gasteiger partial charge is 0.396 e. The summed E-state index contributed by atoms with van der Waals surface area (Å²) in [6.45, 7) is 4.42. The highest BCUT2D eigenvalue weighted by molar-refractivity contribution is 4.70. The molecule has 1 rings (SSSR count). The average molecular weight is 144 g/mol. The van der Waals surface area contributed by atoms with E-state index in [2.05, 4.69) is 17.3 Å². The first kappa shape index (κ1) is 7.98. The van der Waals surface area contributed by atoms with Crippen LogP contribution in [0.5, 0.6) is 0 Å². The number of hydrogen-bond donors (Lipinski definition) is 2. The summed E-state index contributed by atoms with van der Waals surface area (Å²) in [6, 6.07) is 0. The molecular weight excluding hydrogens is 128 g/mol. The topological polar surface area (TPSA) is 35.5 Å². The fraction of sp³-hybridized carbons (Fsp3) is 1.00. The lowest BCUT2D eigenvalue weighted by atomic mass is 10.1. The third-order valence-corrected chi connectivity index (χ3v) is 1.93. The molecule has 1 atom stereocenters. The van der Waals surface area contributed by atoms with Crippen molar-refractivity contribution >= 4 is 0 Å². The third-order valence-electron chi connectivity index (χ3n) is 1.93. The van der Waals surface area contributed by atoms with Crippen molar-refractivity contribution in [3.8, 4) is 0 Å². The predicted octanol–water partition coefficient (Wildman–Crippen LogP) is -0.870. The molecule has 0 unspecified atom stereocenters. The minimum Gasteiger partial charge on any atom is -0.396 e. The van der Waals surface area contributed by atoms with Gasteiger partial charge in [-0.3, -0.25) is 0 Å². The van der Waals surface area contributed by atoms with E-state index in [1.54, 1.807) is 0 Å². The molecule has 0 aliphatic carbocycles. The smallest absolute Gasteiger partial charge is 0.0483 e. The molecule has 0 radical (unpaired) electrons. The molecule has 1 aliphatic rings. The van der Waals surface area contributed by atoms with Gasteiger partial charge in [-0.2, -0.15) is 0 Å². The summed E-state index contributed by atoms with van der Waals surface area (Å²) in [5.41, 5.74) is 0. The molecule has 3 heteroatoms. The molecule has 0 aromatic rings. The van der Waals surface area contributed by atoms with Crippen LogP contribution in [0.25, 0.3) is 0 Å². The van der Waals surface area contributed by atoms with E-state index < -0.39 is 0 Å². The molecule has 60 valence electrons. The first-order valence-corrected chi connectivity index (χ1v) is 3.83. The fourth-order valence-corrected chi connectivity index (χ4v) is 1.29. The van der Waals surface area contributed by atoms with Crippen molar-refractivity contribution in [2.75, 3.05) is 39.8 Å². The number of nitrogens with one attached hydrogen (secondary N) is 1. The molecule has 1 saturated heterocycles. The molecule has 0 bridgehead atoms. The minimum atomic E-state index is 0.303. The molecule has 0 aromatic carbocycles. The molecule has 0 saturated carbocycles. The lowest BCUT2D eigenvalue weighted by molar-refractivity contribution is 0.195. The molecule has 0 spiro atoms. The van der Waals surface area contributed by atoms with Crippen molar-refractivity contribution in [1.82, 2.24) is 10.2 Å². The molecule has 0 amide bonds. The van der Waals surface area contributed by atoms with Gasteiger partial charge in [0.1, 0.15) is 0 Å². The van der Waals surface area contributed by atoms with Gasteiger partial charge in [0, 0.05) is 38.7 Å². The van der Waals surface area contributed by atoms with E-state index in [0.717, 1.165) is 26.2 Å². The van der Waals surface area contributed by atoms with Gasteiger partial charge in [0.25, 0.3) is 0 Å². The summed E-state index contributed by atoms with van der Waals surface area (Å²) in [6.07, 6.45) is 0. The zero-order valence-corrected chi connectivity index (χ0v) is 6.51. The lowest BCUT2D eigenvalue weighted by Crippen LogP contribution is -2.27. The van der Waals surface area contributed by atoms with Gasteiger partial charge in [0.15, 0.2) is 0 Å².